The molecular formula is C23H31IN4O3S. The van der Waals surface area contributed by atoms with Crippen LogP contribution in [-0.2, 0) is 34.1 Å². The van der Waals surface area contributed by atoms with Gasteiger partial charge < -0.3 is 15.5 Å². The van der Waals surface area contributed by atoms with Crippen LogP contribution < -0.4 is 10.6 Å². The van der Waals surface area contributed by atoms with Crippen LogP contribution in [-0.4, -0.2) is 51.6 Å². The molecule has 2 N–H and O–H groups in total. The van der Waals surface area contributed by atoms with Crippen LogP contribution in [0.25, 0.3) is 0 Å². The molecule has 1 aliphatic rings. The third-order valence-electron chi connectivity index (χ3n) is 5.33. The van der Waals surface area contributed by atoms with Crippen molar-refractivity contribution < 1.29 is 13.2 Å². The molecule has 2 aromatic rings. The third kappa shape index (κ3) is 7.47. The predicted molar refractivity (Wildman–Crippen MR) is 138 cm³/mol. The van der Waals surface area contributed by atoms with Gasteiger partial charge in [-0.1, -0.05) is 36.4 Å². The van der Waals surface area contributed by atoms with Crippen LogP contribution in [0, 0.1) is 0 Å². The van der Waals surface area contributed by atoms with E-state index in [0.29, 0.717) is 43.5 Å². The van der Waals surface area contributed by atoms with Gasteiger partial charge in [-0.3, -0.25) is 9.79 Å². The van der Waals surface area contributed by atoms with Crippen molar-refractivity contribution in [1.29, 1.82) is 0 Å². The van der Waals surface area contributed by atoms with Crippen molar-refractivity contribution in [3.63, 3.8) is 0 Å². The zero-order valence-electron chi connectivity index (χ0n) is 18.5. The molecule has 32 heavy (non-hydrogen) atoms. The number of guanidine groups is 1. The first-order valence-electron chi connectivity index (χ1n) is 10.4. The van der Waals surface area contributed by atoms with E-state index in [1.165, 1.54) is 17.4 Å². The summed E-state index contributed by atoms with van der Waals surface area (Å²) >= 11 is 0. The Balaban J connectivity index is 0.00000363. The van der Waals surface area contributed by atoms with Crippen molar-refractivity contribution in [3.8, 4) is 0 Å². The number of amides is 1. The van der Waals surface area contributed by atoms with Gasteiger partial charge in [-0.05, 0) is 41.7 Å². The Morgan fingerprint density at radius 2 is 1.59 bits per heavy atom. The van der Waals surface area contributed by atoms with Gasteiger partial charge in [0.05, 0.1) is 4.90 Å². The van der Waals surface area contributed by atoms with Crippen molar-refractivity contribution in [1.82, 2.24) is 15.5 Å². The zero-order chi connectivity index (χ0) is 22.3. The van der Waals surface area contributed by atoms with E-state index in [0.717, 1.165) is 18.4 Å². The lowest BCUT2D eigenvalue weighted by atomic mass is 10.1. The van der Waals surface area contributed by atoms with Crippen LogP contribution in [0.3, 0.4) is 0 Å². The molecule has 0 saturated heterocycles. The molecule has 1 amide bonds. The quantitative estimate of drug-likeness (QED) is 0.221. The number of carbonyl (C=O) groups is 1. The van der Waals surface area contributed by atoms with Crippen LogP contribution in [0.5, 0.6) is 0 Å². The summed E-state index contributed by atoms with van der Waals surface area (Å²) in [5, 5.41) is 6.48. The maximum absolute atomic E-state index is 12.5. The smallest absolute Gasteiger partial charge is 0.223 e. The van der Waals surface area contributed by atoms with Gasteiger partial charge in [0.15, 0.2) is 15.8 Å². The molecule has 3 rings (SSSR count). The number of nitrogens with zero attached hydrogens (tertiary/aromatic N) is 2. The second-order valence-corrected chi connectivity index (χ2v) is 9.73. The van der Waals surface area contributed by atoms with Gasteiger partial charge in [-0.2, -0.15) is 0 Å². The average molecular weight is 570 g/mol. The van der Waals surface area contributed by atoms with Crippen molar-refractivity contribution in [2.24, 2.45) is 4.99 Å². The lowest BCUT2D eigenvalue weighted by Gasteiger charge is -2.16. The molecule has 0 spiro atoms. The minimum Gasteiger partial charge on any atom is -0.356 e. The Labute approximate surface area is 207 Å². The number of hydrogen-bond donors (Lipinski definition) is 2. The fourth-order valence-electron chi connectivity index (χ4n) is 3.56. The van der Waals surface area contributed by atoms with E-state index >= 15 is 0 Å². The molecule has 174 valence electrons. The van der Waals surface area contributed by atoms with E-state index < -0.39 is 9.84 Å². The van der Waals surface area contributed by atoms with Crippen LogP contribution >= 0.6 is 24.0 Å². The van der Waals surface area contributed by atoms with Crippen molar-refractivity contribution >= 4 is 45.7 Å². The SMILES string of the molecule is CN=C(NCCCC(=O)N1Cc2ccccc2C1)NCCc1ccc(S(C)(=O)=O)cc1.I. The summed E-state index contributed by atoms with van der Waals surface area (Å²) in [6.07, 6.45) is 3.19. The molecule has 0 aromatic heterocycles. The summed E-state index contributed by atoms with van der Waals surface area (Å²) in [7, 11) is -1.46. The number of sulfone groups is 1. The monoisotopic (exact) mass is 570 g/mol. The molecule has 0 atom stereocenters. The van der Waals surface area contributed by atoms with Gasteiger partial charge in [0.2, 0.25) is 5.91 Å². The first-order chi connectivity index (χ1) is 14.9. The third-order valence-corrected chi connectivity index (χ3v) is 6.46. The topological polar surface area (TPSA) is 90.9 Å². The molecule has 1 heterocycles. The first kappa shape index (κ1) is 26.1. The van der Waals surface area contributed by atoms with Gasteiger partial charge in [0.1, 0.15) is 0 Å². The second kappa shape index (κ2) is 12.2. The molecule has 9 heteroatoms. The van der Waals surface area contributed by atoms with Crippen LogP contribution in [0.15, 0.2) is 58.4 Å². The molecule has 0 fully saturated rings. The number of hydrogen-bond acceptors (Lipinski definition) is 4. The van der Waals surface area contributed by atoms with Crippen LogP contribution in [0.1, 0.15) is 29.5 Å². The minimum atomic E-state index is -3.17. The Kier molecular flexibility index (Phi) is 9.95. The second-order valence-electron chi connectivity index (χ2n) is 7.71. The predicted octanol–water partition coefficient (Wildman–Crippen LogP) is 2.74. The van der Waals surface area contributed by atoms with Crippen molar-refractivity contribution in [2.45, 2.75) is 37.2 Å². The van der Waals surface area contributed by atoms with Gasteiger partial charge >= 0.3 is 0 Å². The minimum absolute atomic E-state index is 0. The molecule has 0 aliphatic carbocycles. The van der Waals surface area contributed by atoms with Gasteiger partial charge in [0, 0.05) is 45.9 Å². The highest BCUT2D eigenvalue weighted by atomic mass is 127. The fraction of sp³-hybridized carbons (Fsp3) is 0.391. The normalized spacial score (nSPS) is 13.3. The summed E-state index contributed by atoms with van der Waals surface area (Å²) in [6, 6.07) is 15.1. The van der Waals surface area contributed by atoms with Crippen LogP contribution in [0.2, 0.25) is 0 Å². The molecule has 0 radical (unpaired) electrons. The Hall–Kier alpha value is -2.14. The van der Waals surface area contributed by atoms with Gasteiger partial charge in [-0.15, -0.1) is 24.0 Å². The van der Waals surface area contributed by atoms with E-state index in [9.17, 15) is 13.2 Å². The number of fused-ring (bicyclic) bond motifs is 1. The summed E-state index contributed by atoms with van der Waals surface area (Å²) in [6.45, 7) is 2.74. The summed E-state index contributed by atoms with van der Waals surface area (Å²) < 4.78 is 23.0. The summed E-state index contributed by atoms with van der Waals surface area (Å²) in [5.74, 6) is 0.868. The number of halogens is 1. The molecular weight excluding hydrogens is 539 g/mol. The number of rotatable bonds is 8. The standard InChI is InChI=1S/C23H30N4O3S.HI/c1-24-23(26-15-13-18-9-11-21(12-10-18)31(2,29)30)25-14-5-8-22(28)27-16-19-6-3-4-7-20(19)17-27;/h3-4,6-7,9-12H,5,8,13-17H2,1-2H3,(H2,24,25,26);1H. The van der Waals surface area contributed by atoms with E-state index in [1.807, 2.05) is 29.2 Å². The largest absolute Gasteiger partial charge is 0.356 e. The molecule has 2 aromatic carbocycles. The maximum atomic E-state index is 12.5. The number of aliphatic imine (C=N–C) groups is 1. The molecule has 0 bridgehead atoms. The molecule has 0 unspecified atom stereocenters. The highest BCUT2D eigenvalue weighted by Crippen LogP contribution is 2.22. The summed E-state index contributed by atoms with van der Waals surface area (Å²) in [4.78, 5) is 18.9. The Bertz CT molecular complexity index is 1010. The molecule has 0 saturated carbocycles. The molecule has 7 nitrogen and oxygen atoms in total. The Morgan fingerprint density at radius 3 is 2.16 bits per heavy atom. The number of carbonyl (C=O) groups excluding carboxylic acids is 1. The van der Waals surface area contributed by atoms with Crippen LogP contribution in [0.4, 0.5) is 0 Å². The highest BCUT2D eigenvalue weighted by molar-refractivity contribution is 14.0. The lowest BCUT2D eigenvalue weighted by Crippen LogP contribution is -2.39. The summed E-state index contributed by atoms with van der Waals surface area (Å²) in [5.41, 5.74) is 3.53. The number of benzene rings is 2. The number of nitrogens with one attached hydrogen (secondary N) is 2. The average Bonchev–Trinajstić information content (AvgIpc) is 3.19. The van der Waals surface area contributed by atoms with Crippen molar-refractivity contribution in [3.05, 3.63) is 65.2 Å². The highest BCUT2D eigenvalue weighted by Gasteiger charge is 2.22. The van der Waals surface area contributed by atoms with E-state index in [2.05, 4.69) is 27.8 Å². The fourth-order valence-corrected chi connectivity index (χ4v) is 4.19. The first-order valence-corrected chi connectivity index (χ1v) is 12.3. The maximum Gasteiger partial charge on any atom is 0.223 e. The van der Waals surface area contributed by atoms with Gasteiger partial charge in [-0.25, -0.2) is 8.42 Å². The van der Waals surface area contributed by atoms with E-state index in [1.54, 1.807) is 19.2 Å². The van der Waals surface area contributed by atoms with Crippen molar-refractivity contribution in [2.75, 3.05) is 26.4 Å². The van der Waals surface area contributed by atoms with E-state index in [4.69, 9.17) is 0 Å². The lowest BCUT2D eigenvalue weighted by molar-refractivity contribution is -0.131. The van der Waals surface area contributed by atoms with Gasteiger partial charge in [0.25, 0.3) is 0 Å². The Morgan fingerprint density at radius 1 is 1.00 bits per heavy atom. The van der Waals surface area contributed by atoms with E-state index in [-0.39, 0.29) is 29.9 Å². The zero-order valence-corrected chi connectivity index (χ0v) is 21.7. The molecule has 1 aliphatic heterocycles.